The predicted octanol–water partition coefficient (Wildman–Crippen LogP) is 3.31. The summed E-state index contributed by atoms with van der Waals surface area (Å²) >= 11 is 0. The summed E-state index contributed by atoms with van der Waals surface area (Å²) in [6.07, 6.45) is 0.778. The van der Waals surface area contributed by atoms with E-state index in [1.807, 2.05) is 20.8 Å². The number of amidine groups is 1. The van der Waals surface area contributed by atoms with Gasteiger partial charge in [-0.3, -0.25) is 4.79 Å². The molecule has 3 rings (SSSR count). The van der Waals surface area contributed by atoms with Crippen molar-refractivity contribution in [2.45, 2.75) is 52.0 Å². The molecule has 0 spiro atoms. The third-order valence-corrected chi connectivity index (χ3v) is 6.27. The molecule has 2 aliphatic rings. The van der Waals surface area contributed by atoms with Crippen molar-refractivity contribution in [2.75, 3.05) is 11.9 Å². The highest BCUT2D eigenvalue weighted by molar-refractivity contribution is 7.90. The average Bonchev–Trinajstić information content (AvgIpc) is 2.82. The lowest BCUT2D eigenvalue weighted by Gasteiger charge is -2.35. The number of rotatable bonds is 4. The molecule has 0 saturated heterocycles. The molecule has 2 N–H and O–H groups in total. The standard InChI is InChI=1S/C20H27N3O4S/c1-12(2)10-11-23-17(20(3,4)5)16(24)15(19(23)25)18-21-13-8-6-7-9-14(13)28(26,27)22-18/h6-9,12,17,24H,10-11H2,1-5H3,(H,21,22)/t17-/m1/s1. The number of hydrogen-bond donors (Lipinski definition) is 2. The van der Waals surface area contributed by atoms with Gasteiger partial charge in [0.05, 0.1) is 11.7 Å². The molecule has 0 aromatic heterocycles. The van der Waals surface area contributed by atoms with Crippen molar-refractivity contribution in [2.24, 2.45) is 15.7 Å². The predicted molar refractivity (Wildman–Crippen MR) is 109 cm³/mol. The molecule has 1 amide bonds. The fraction of sp³-hybridized carbons (Fsp3) is 0.500. The third-order valence-electron chi connectivity index (χ3n) is 4.94. The van der Waals surface area contributed by atoms with Crippen molar-refractivity contribution in [1.82, 2.24) is 4.90 Å². The molecule has 1 atom stereocenters. The summed E-state index contributed by atoms with van der Waals surface area (Å²) in [5.74, 6) is -0.277. The molecule has 0 unspecified atom stereocenters. The van der Waals surface area contributed by atoms with E-state index in [9.17, 15) is 18.3 Å². The van der Waals surface area contributed by atoms with E-state index in [1.54, 1.807) is 23.1 Å². The number of amides is 1. The Bertz CT molecular complexity index is 971. The molecule has 8 heteroatoms. The lowest BCUT2D eigenvalue weighted by atomic mass is 9.85. The Morgan fingerprint density at radius 2 is 1.89 bits per heavy atom. The van der Waals surface area contributed by atoms with Crippen LogP contribution in [-0.4, -0.2) is 42.8 Å². The highest BCUT2D eigenvalue weighted by atomic mass is 32.2. The van der Waals surface area contributed by atoms with Crippen molar-refractivity contribution in [3.05, 3.63) is 35.6 Å². The van der Waals surface area contributed by atoms with Gasteiger partial charge in [-0.1, -0.05) is 46.8 Å². The first-order valence-electron chi connectivity index (χ1n) is 9.39. The van der Waals surface area contributed by atoms with Crippen LogP contribution in [0.25, 0.3) is 0 Å². The second-order valence-electron chi connectivity index (χ2n) is 8.75. The summed E-state index contributed by atoms with van der Waals surface area (Å²) in [6, 6.07) is 5.82. The van der Waals surface area contributed by atoms with Gasteiger partial charge in [-0.15, -0.1) is 4.40 Å². The minimum absolute atomic E-state index is 0.0494. The fourth-order valence-corrected chi connectivity index (χ4v) is 4.73. The fourth-order valence-electron chi connectivity index (χ4n) is 3.61. The number of carbonyl (C=O) groups is 1. The number of aliphatic hydroxyl groups is 1. The van der Waals surface area contributed by atoms with Crippen LogP contribution in [-0.2, 0) is 14.8 Å². The summed E-state index contributed by atoms with van der Waals surface area (Å²) in [7, 11) is -3.96. The van der Waals surface area contributed by atoms with Crippen LogP contribution in [0, 0.1) is 11.3 Å². The van der Waals surface area contributed by atoms with Gasteiger partial charge in [0.15, 0.2) is 5.84 Å². The highest BCUT2D eigenvalue weighted by Gasteiger charge is 2.47. The molecule has 28 heavy (non-hydrogen) atoms. The van der Waals surface area contributed by atoms with Gasteiger partial charge in [-0.2, -0.15) is 8.42 Å². The zero-order valence-corrected chi connectivity index (χ0v) is 17.7. The number of benzene rings is 1. The zero-order valence-electron chi connectivity index (χ0n) is 16.9. The average molecular weight is 406 g/mol. The van der Waals surface area contributed by atoms with Crippen LogP contribution in [0.5, 0.6) is 0 Å². The van der Waals surface area contributed by atoms with E-state index in [0.29, 0.717) is 18.2 Å². The van der Waals surface area contributed by atoms with Gasteiger partial charge in [0, 0.05) is 6.54 Å². The molecule has 152 valence electrons. The Labute approximate surface area is 166 Å². The van der Waals surface area contributed by atoms with Crippen LogP contribution < -0.4 is 5.32 Å². The summed E-state index contributed by atoms with van der Waals surface area (Å²) in [4.78, 5) is 14.9. The van der Waals surface area contributed by atoms with Crippen LogP contribution in [0.4, 0.5) is 5.69 Å². The van der Waals surface area contributed by atoms with Crippen molar-refractivity contribution >= 4 is 27.5 Å². The number of sulfonamides is 1. The largest absolute Gasteiger partial charge is 0.509 e. The van der Waals surface area contributed by atoms with Gasteiger partial charge in [0.2, 0.25) is 0 Å². The van der Waals surface area contributed by atoms with E-state index in [4.69, 9.17) is 0 Å². The maximum absolute atomic E-state index is 13.2. The zero-order chi connectivity index (χ0) is 20.9. The molecule has 0 radical (unpaired) electrons. The quantitative estimate of drug-likeness (QED) is 0.801. The first-order chi connectivity index (χ1) is 12.9. The molecule has 2 aliphatic heterocycles. The van der Waals surface area contributed by atoms with Crippen molar-refractivity contribution < 1.29 is 18.3 Å². The Morgan fingerprint density at radius 1 is 1.25 bits per heavy atom. The van der Waals surface area contributed by atoms with Crippen molar-refractivity contribution in [1.29, 1.82) is 0 Å². The van der Waals surface area contributed by atoms with E-state index in [-0.39, 0.29) is 22.1 Å². The van der Waals surface area contributed by atoms with Crippen molar-refractivity contribution in [3.8, 4) is 0 Å². The molecular formula is C20H27N3O4S. The van der Waals surface area contributed by atoms with E-state index in [1.165, 1.54) is 6.07 Å². The number of carbonyl (C=O) groups excluding carboxylic acids is 1. The van der Waals surface area contributed by atoms with Gasteiger partial charge < -0.3 is 15.3 Å². The number of aliphatic hydroxyl groups excluding tert-OH is 1. The first-order valence-corrected chi connectivity index (χ1v) is 10.8. The smallest absolute Gasteiger partial charge is 0.286 e. The Hall–Kier alpha value is -2.35. The van der Waals surface area contributed by atoms with E-state index in [0.717, 1.165) is 6.42 Å². The molecular weight excluding hydrogens is 378 g/mol. The highest BCUT2D eigenvalue weighted by Crippen LogP contribution is 2.38. The summed E-state index contributed by atoms with van der Waals surface area (Å²) < 4.78 is 28.9. The normalized spacial score (nSPS) is 21.6. The lowest BCUT2D eigenvalue weighted by molar-refractivity contribution is -0.128. The summed E-state index contributed by atoms with van der Waals surface area (Å²) in [5, 5.41) is 13.9. The van der Waals surface area contributed by atoms with Gasteiger partial charge in [-0.25, -0.2) is 0 Å². The third kappa shape index (κ3) is 3.53. The molecule has 0 saturated carbocycles. The molecule has 1 aromatic carbocycles. The number of hydrogen-bond acceptors (Lipinski definition) is 5. The molecule has 0 bridgehead atoms. The number of fused-ring (bicyclic) bond motifs is 1. The molecule has 2 heterocycles. The minimum Gasteiger partial charge on any atom is -0.509 e. The minimum atomic E-state index is -3.96. The maximum atomic E-state index is 13.2. The van der Waals surface area contributed by atoms with Crippen molar-refractivity contribution in [3.63, 3.8) is 0 Å². The van der Waals surface area contributed by atoms with Crippen LogP contribution in [0.3, 0.4) is 0 Å². The Balaban J connectivity index is 2.07. The summed E-state index contributed by atoms with van der Waals surface area (Å²) in [6.45, 7) is 10.4. The van der Waals surface area contributed by atoms with Crippen LogP contribution in [0.15, 0.2) is 44.9 Å². The van der Waals surface area contributed by atoms with Gasteiger partial charge in [-0.05, 0) is 29.9 Å². The summed E-state index contributed by atoms with van der Waals surface area (Å²) in [5.41, 5.74) is -0.153. The molecule has 7 nitrogen and oxygen atoms in total. The molecule has 1 aromatic rings. The van der Waals surface area contributed by atoms with Crippen LogP contribution in [0.1, 0.15) is 41.0 Å². The van der Waals surface area contributed by atoms with E-state index >= 15 is 0 Å². The topological polar surface area (TPSA) is 99.1 Å². The van der Waals surface area contributed by atoms with Gasteiger partial charge in [0.25, 0.3) is 15.9 Å². The number of nitrogens with one attached hydrogen (secondary N) is 1. The second-order valence-corrected chi connectivity index (χ2v) is 10.3. The van der Waals surface area contributed by atoms with E-state index < -0.39 is 27.4 Å². The molecule has 0 aliphatic carbocycles. The van der Waals surface area contributed by atoms with E-state index in [2.05, 4.69) is 23.6 Å². The Kier molecular flexibility index (Phi) is 5.04. The maximum Gasteiger partial charge on any atom is 0.286 e. The van der Waals surface area contributed by atoms with Crippen LogP contribution in [0.2, 0.25) is 0 Å². The number of nitrogens with zero attached hydrogens (tertiary/aromatic N) is 2. The molecule has 0 fully saturated rings. The SMILES string of the molecule is CC(C)CCN1C(=O)C(C2=NS(=O)(=O)c3ccccc3N2)=C(O)[C@@H]1C(C)(C)C. The second kappa shape index (κ2) is 6.92. The Morgan fingerprint density at radius 3 is 2.50 bits per heavy atom. The van der Waals surface area contributed by atoms with Gasteiger partial charge in [0.1, 0.15) is 16.2 Å². The monoisotopic (exact) mass is 405 g/mol. The first kappa shape index (κ1) is 20.4. The number of para-hydroxylation sites is 1. The lowest BCUT2D eigenvalue weighted by Crippen LogP contribution is -2.44. The van der Waals surface area contributed by atoms with Crippen LogP contribution >= 0.6 is 0 Å². The number of anilines is 1. The van der Waals surface area contributed by atoms with Gasteiger partial charge >= 0.3 is 0 Å².